The predicted molar refractivity (Wildman–Crippen MR) is 47.1 cm³/mol. The minimum atomic E-state index is -2.28. The van der Waals surface area contributed by atoms with E-state index in [4.69, 9.17) is 5.11 Å². The number of likely N-dealkylation sites (N-methyl/N-ethyl adjacent to an activating group) is 1. The average Bonchev–Trinajstić information content (AvgIpc) is 2.23. The van der Waals surface area contributed by atoms with Crippen LogP contribution in [0.15, 0.2) is 0 Å². The molecule has 0 radical (unpaired) electrons. The van der Waals surface area contributed by atoms with E-state index in [2.05, 4.69) is 0 Å². The summed E-state index contributed by atoms with van der Waals surface area (Å²) in [5, 5.41) is 8.37. The summed E-state index contributed by atoms with van der Waals surface area (Å²) < 4.78 is 64.5. The SMILES string of the molecule is CN(CC(=O)O)c1c(F)c(F)c(F)c(F)c1F. The maximum absolute atomic E-state index is 13.1. The normalized spacial score (nSPS) is 10.5. The molecule has 8 heteroatoms. The van der Waals surface area contributed by atoms with E-state index < -0.39 is 47.3 Å². The lowest BCUT2D eigenvalue weighted by atomic mass is 10.2. The van der Waals surface area contributed by atoms with E-state index in [0.29, 0.717) is 4.90 Å². The van der Waals surface area contributed by atoms with E-state index in [1.807, 2.05) is 0 Å². The highest BCUT2D eigenvalue weighted by molar-refractivity contribution is 5.73. The van der Waals surface area contributed by atoms with Crippen LogP contribution < -0.4 is 4.90 Å². The Bertz CT molecular complexity index is 448. The Morgan fingerprint density at radius 1 is 1.00 bits per heavy atom. The third-order valence-electron chi connectivity index (χ3n) is 1.94. The zero-order valence-electron chi connectivity index (χ0n) is 8.40. The van der Waals surface area contributed by atoms with Gasteiger partial charge in [0.25, 0.3) is 0 Å². The van der Waals surface area contributed by atoms with Gasteiger partial charge in [-0.3, -0.25) is 4.79 Å². The molecule has 0 heterocycles. The molecule has 0 aliphatic carbocycles. The van der Waals surface area contributed by atoms with E-state index in [-0.39, 0.29) is 0 Å². The van der Waals surface area contributed by atoms with Gasteiger partial charge in [0.15, 0.2) is 23.3 Å². The minimum absolute atomic E-state index is 0.415. The van der Waals surface area contributed by atoms with Crippen LogP contribution in [0.3, 0.4) is 0 Å². The molecule has 0 spiro atoms. The summed E-state index contributed by atoms with van der Waals surface area (Å²) in [4.78, 5) is 10.7. The Morgan fingerprint density at radius 2 is 1.35 bits per heavy atom. The molecule has 0 unspecified atom stereocenters. The topological polar surface area (TPSA) is 40.5 Å². The number of rotatable bonds is 3. The summed E-state index contributed by atoms with van der Waals surface area (Å²) in [6.45, 7) is -0.904. The summed E-state index contributed by atoms with van der Waals surface area (Å²) >= 11 is 0. The van der Waals surface area contributed by atoms with Crippen molar-refractivity contribution in [2.24, 2.45) is 0 Å². The maximum atomic E-state index is 13.1. The van der Waals surface area contributed by atoms with Crippen molar-refractivity contribution < 1.29 is 31.9 Å². The number of anilines is 1. The number of nitrogens with zero attached hydrogens (tertiary/aromatic N) is 1. The first kappa shape index (κ1) is 13.2. The molecule has 0 amide bonds. The van der Waals surface area contributed by atoms with Crippen molar-refractivity contribution in [2.45, 2.75) is 0 Å². The van der Waals surface area contributed by atoms with Crippen LogP contribution in [0.5, 0.6) is 0 Å². The van der Waals surface area contributed by atoms with E-state index in [9.17, 15) is 26.7 Å². The lowest BCUT2D eigenvalue weighted by Crippen LogP contribution is -2.28. The Balaban J connectivity index is 3.38. The Kier molecular flexibility index (Phi) is 3.54. The molecule has 1 rings (SSSR count). The van der Waals surface area contributed by atoms with E-state index in [0.717, 1.165) is 7.05 Å². The zero-order chi connectivity index (χ0) is 13.3. The maximum Gasteiger partial charge on any atom is 0.323 e. The molecule has 0 bridgehead atoms. The molecule has 0 aromatic heterocycles. The minimum Gasteiger partial charge on any atom is -0.480 e. The van der Waals surface area contributed by atoms with Crippen molar-refractivity contribution >= 4 is 11.7 Å². The van der Waals surface area contributed by atoms with Crippen LogP contribution in [0.4, 0.5) is 27.6 Å². The highest BCUT2D eigenvalue weighted by Crippen LogP contribution is 2.29. The Labute approximate surface area is 92.1 Å². The van der Waals surface area contributed by atoms with Crippen LogP contribution in [0, 0.1) is 29.1 Å². The lowest BCUT2D eigenvalue weighted by molar-refractivity contribution is -0.135. The zero-order valence-corrected chi connectivity index (χ0v) is 8.40. The van der Waals surface area contributed by atoms with E-state index >= 15 is 0 Å². The lowest BCUT2D eigenvalue weighted by Gasteiger charge is -2.18. The molecule has 1 aromatic carbocycles. The van der Waals surface area contributed by atoms with Crippen molar-refractivity contribution in [3.05, 3.63) is 29.1 Å². The number of aliphatic carboxylic acids is 1. The second-order valence-electron chi connectivity index (χ2n) is 3.17. The van der Waals surface area contributed by atoms with Crippen molar-refractivity contribution in [1.82, 2.24) is 0 Å². The molecule has 94 valence electrons. The van der Waals surface area contributed by atoms with Gasteiger partial charge in [-0.25, -0.2) is 22.0 Å². The highest BCUT2D eigenvalue weighted by Gasteiger charge is 2.28. The van der Waals surface area contributed by atoms with E-state index in [1.165, 1.54) is 0 Å². The molecule has 0 saturated carbocycles. The van der Waals surface area contributed by atoms with Gasteiger partial charge >= 0.3 is 5.97 Å². The second-order valence-corrected chi connectivity index (χ2v) is 3.17. The fourth-order valence-electron chi connectivity index (χ4n) is 1.21. The molecule has 0 aliphatic heterocycles. The third kappa shape index (κ3) is 2.29. The van der Waals surface area contributed by atoms with Gasteiger partial charge < -0.3 is 10.0 Å². The van der Waals surface area contributed by atoms with Crippen LogP contribution in [-0.2, 0) is 4.79 Å². The van der Waals surface area contributed by atoms with Gasteiger partial charge in [-0.05, 0) is 0 Å². The smallest absolute Gasteiger partial charge is 0.323 e. The summed E-state index contributed by atoms with van der Waals surface area (Å²) in [7, 11) is 0.895. The fraction of sp³-hybridized carbons (Fsp3) is 0.222. The summed E-state index contributed by atoms with van der Waals surface area (Å²) in [6, 6.07) is 0. The molecule has 3 nitrogen and oxygen atoms in total. The standard InChI is InChI=1S/C9H6F5NO2/c1-15(2-3(16)17)9-7(13)5(11)4(10)6(12)8(9)14/h2H2,1H3,(H,16,17). The molecule has 17 heavy (non-hydrogen) atoms. The third-order valence-corrected chi connectivity index (χ3v) is 1.94. The van der Waals surface area contributed by atoms with Crippen molar-refractivity contribution in [2.75, 3.05) is 18.5 Å². The molecular formula is C9H6F5NO2. The van der Waals surface area contributed by atoms with Crippen molar-refractivity contribution in [1.29, 1.82) is 0 Å². The Morgan fingerprint density at radius 3 is 1.71 bits per heavy atom. The largest absolute Gasteiger partial charge is 0.480 e. The number of carbonyl (C=O) groups is 1. The summed E-state index contributed by atoms with van der Waals surface area (Å²) in [6.07, 6.45) is 0. The molecule has 1 N–H and O–H groups in total. The second kappa shape index (κ2) is 4.56. The predicted octanol–water partition coefficient (Wildman–Crippen LogP) is 1.90. The van der Waals surface area contributed by atoms with Gasteiger partial charge in [-0.2, -0.15) is 0 Å². The quantitative estimate of drug-likeness (QED) is 0.509. The number of benzene rings is 1. The van der Waals surface area contributed by atoms with Gasteiger partial charge in [0.1, 0.15) is 12.2 Å². The van der Waals surface area contributed by atoms with Gasteiger partial charge in [0.2, 0.25) is 5.82 Å². The summed E-state index contributed by atoms with van der Waals surface area (Å²) in [5.74, 6) is -12.1. The Hall–Kier alpha value is -1.86. The number of carboxylic acid groups (broad SMARTS) is 1. The number of hydrogen-bond acceptors (Lipinski definition) is 2. The van der Waals surface area contributed by atoms with Crippen LogP contribution in [0.25, 0.3) is 0 Å². The van der Waals surface area contributed by atoms with Crippen LogP contribution >= 0.6 is 0 Å². The molecule has 0 fully saturated rings. The van der Waals surface area contributed by atoms with Gasteiger partial charge in [0.05, 0.1) is 0 Å². The fourth-order valence-corrected chi connectivity index (χ4v) is 1.21. The average molecular weight is 255 g/mol. The van der Waals surface area contributed by atoms with Crippen molar-refractivity contribution in [3.63, 3.8) is 0 Å². The first-order chi connectivity index (χ1) is 7.77. The van der Waals surface area contributed by atoms with Crippen LogP contribution in [0.1, 0.15) is 0 Å². The van der Waals surface area contributed by atoms with Crippen LogP contribution in [-0.4, -0.2) is 24.7 Å². The monoisotopic (exact) mass is 255 g/mol. The first-order valence-electron chi connectivity index (χ1n) is 4.21. The highest BCUT2D eigenvalue weighted by atomic mass is 19.2. The number of carboxylic acids is 1. The van der Waals surface area contributed by atoms with Gasteiger partial charge in [-0.15, -0.1) is 0 Å². The van der Waals surface area contributed by atoms with Gasteiger partial charge in [0, 0.05) is 7.05 Å². The number of halogens is 5. The molecule has 0 saturated heterocycles. The van der Waals surface area contributed by atoms with Crippen LogP contribution in [0.2, 0.25) is 0 Å². The molecule has 0 atom stereocenters. The number of hydrogen-bond donors (Lipinski definition) is 1. The van der Waals surface area contributed by atoms with Gasteiger partial charge in [-0.1, -0.05) is 0 Å². The molecule has 1 aromatic rings. The first-order valence-corrected chi connectivity index (χ1v) is 4.21. The molecule has 0 aliphatic rings. The van der Waals surface area contributed by atoms with Crippen molar-refractivity contribution in [3.8, 4) is 0 Å². The van der Waals surface area contributed by atoms with E-state index in [1.54, 1.807) is 0 Å². The molecular weight excluding hydrogens is 249 g/mol. The summed E-state index contributed by atoms with van der Waals surface area (Å²) in [5.41, 5.74) is -1.27.